The largest absolute Gasteiger partial charge is 0.399 e. The number of aliphatic hydroxyl groups excluding tert-OH is 1. The van der Waals surface area contributed by atoms with Crippen LogP contribution in [0.1, 0.15) is 19.3 Å². The second-order valence-electron chi connectivity index (χ2n) is 5.44. The highest BCUT2D eigenvalue weighted by Crippen LogP contribution is 2.12. The average molecular weight is 313 g/mol. The molecule has 1 atom stereocenters. The number of aliphatic hydroxyl groups is 1. The van der Waals surface area contributed by atoms with Gasteiger partial charge in [0, 0.05) is 18.8 Å². The van der Waals surface area contributed by atoms with Crippen LogP contribution in [0.3, 0.4) is 0 Å². The zero-order valence-electron chi connectivity index (χ0n) is 12.0. The second-order valence-corrected chi connectivity index (χ2v) is 7.20. The minimum atomic E-state index is -3.60. The van der Waals surface area contributed by atoms with Gasteiger partial charge in [0.05, 0.1) is 11.0 Å². The topological polar surface area (TPSA) is 95.7 Å². The van der Waals surface area contributed by atoms with Crippen molar-refractivity contribution < 1.29 is 13.5 Å². The number of benzene rings is 1. The Hall–Kier alpha value is -1.15. The first kappa shape index (κ1) is 16.2. The predicted molar refractivity (Wildman–Crippen MR) is 82.3 cm³/mol. The quantitative estimate of drug-likeness (QED) is 0.661. The van der Waals surface area contributed by atoms with E-state index in [1.54, 1.807) is 12.1 Å². The number of nitrogen functional groups attached to an aromatic ring is 1. The van der Waals surface area contributed by atoms with Crippen LogP contribution in [0.25, 0.3) is 0 Å². The molecule has 7 heteroatoms. The number of likely N-dealkylation sites (tertiary alicyclic amines) is 1. The Balaban J connectivity index is 1.84. The molecule has 0 radical (unpaired) electrons. The van der Waals surface area contributed by atoms with Crippen LogP contribution in [0.5, 0.6) is 0 Å². The number of β-amino-alcohol motifs (C(OH)–C–C–N with tert-alkyl or cyclic N) is 1. The molecule has 6 nitrogen and oxygen atoms in total. The first-order chi connectivity index (χ1) is 9.97. The SMILES string of the molecule is Nc1ccc(S(=O)(=O)NCC(O)CN2CCCCC2)cc1. The van der Waals surface area contributed by atoms with Crippen molar-refractivity contribution >= 4 is 15.7 Å². The molecular formula is C14H23N3O3S. The van der Waals surface area contributed by atoms with Gasteiger partial charge in [0.25, 0.3) is 0 Å². The molecule has 1 aliphatic rings. The Morgan fingerprint density at radius 2 is 1.81 bits per heavy atom. The fourth-order valence-electron chi connectivity index (χ4n) is 2.44. The maximum Gasteiger partial charge on any atom is 0.240 e. The van der Waals surface area contributed by atoms with Gasteiger partial charge in [-0.15, -0.1) is 0 Å². The van der Waals surface area contributed by atoms with Crippen LogP contribution in [0.4, 0.5) is 5.69 Å². The van der Waals surface area contributed by atoms with E-state index in [2.05, 4.69) is 9.62 Å². The molecule has 4 N–H and O–H groups in total. The van der Waals surface area contributed by atoms with Crippen molar-refractivity contribution in [2.45, 2.75) is 30.3 Å². The van der Waals surface area contributed by atoms with Gasteiger partial charge in [-0.05, 0) is 50.2 Å². The number of sulfonamides is 1. The summed E-state index contributed by atoms with van der Waals surface area (Å²) in [6, 6.07) is 5.99. The molecule has 1 heterocycles. The predicted octanol–water partition coefficient (Wildman–Crippen LogP) is 0.394. The van der Waals surface area contributed by atoms with Gasteiger partial charge in [-0.3, -0.25) is 0 Å². The smallest absolute Gasteiger partial charge is 0.240 e. The Bertz CT molecular complexity index is 539. The third-order valence-electron chi connectivity index (χ3n) is 3.62. The number of nitrogens with zero attached hydrogens (tertiary/aromatic N) is 1. The Morgan fingerprint density at radius 1 is 1.19 bits per heavy atom. The van der Waals surface area contributed by atoms with E-state index >= 15 is 0 Å². The summed E-state index contributed by atoms with van der Waals surface area (Å²) in [6.07, 6.45) is 2.82. The molecule has 118 valence electrons. The highest BCUT2D eigenvalue weighted by atomic mass is 32.2. The zero-order valence-corrected chi connectivity index (χ0v) is 12.8. The van der Waals surface area contributed by atoms with Crippen LogP contribution in [-0.2, 0) is 10.0 Å². The first-order valence-corrected chi connectivity index (χ1v) is 8.71. The number of piperidine rings is 1. The number of rotatable bonds is 6. The monoisotopic (exact) mass is 313 g/mol. The van der Waals surface area contributed by atoms with E-state index in [-0.39, 0.29) is 11.4 Å². The van der Waals surface area contributed by atoms with Crippen molar-refractivity contribution in [2.75, 3.05) is 31.9 Å². The minimum absolute atomic E-state index is 0.0171. The normalized spacial score (nSPS) is 18.5. The summed E-state index contributed by atoms with van der Waals surface area (Å²) < 4.78 is 26.6. The standard InChI is InChI=1S/C14H23N3O3S/c15-12-4-6-14(7-5-12)21(19,20)16-10-13(18)11-17-8-2-1-3-9-17/h4-7,13,16,18H,1-3,8-11,15H2. The highest BCUT2D eigenvalue weighted by molar-refractivity contribution is 7.89. The van der Waals surface area contributed by atoms with Crippen molar-refractivity contribution in [1.29, 1.82) is 0 Å². The average Bonchev–Trinajstić information content (AvgIpc) is 2.47. The van der Waals surface area contributed by atoms with Crippen molar-refractivity contribution in [3.05, 3.63) is 24.3 Å². The summed E-state index contributed by atoms with van der Waals surface area (Å²) in [5.74, 6) is 0. The maximum absolute atomic E-state index is 12.1. The number of hydrogen-bond donors (Lipinski definition) is 3. The van der Waals surface area contributed by atoms with E-state index in [1.165, 1.54) is 18.6 Å². The molecular weight excluding hydrogens is 290 g/mol. The van der Waals surface area contributed by atoms with E-state index in [0.717, 1.165) is 25.9 Å². The highest BCUT2D eigenvalue weighted by Gasteiger charge is 2.18. The van der Waals surface area contributed by atoms with Gasteiger partial charge in [-0.25, -0.2) is 13.1 Å². The van der Waals surface area contributed by atoms with Crippen LogP contribution in [0.2, 0.25) is 0 Å². The molecule has 1 fully saturated rings. The fourth-order valence-corrected chi connectivity index (χ4v) is 3.51. The van der Waals surface area contributed by atoms with Crippen molar-refractivity contribution in [1.82, 2.24) is 9.62 Å². The molecule has 1 aliphatic heterocycles. The molecule has 0 spiro atoms. The lowest BCUT2D eigenvalue weighted by molar-refractivity contribution is 0.104. The number of nitrogens with one attached hydrogen (secondary N) is 1. The second kappa shape index (κ2) is 7.22. The van der Waals surface area contributed by atoms with E-state index in [0.29, 0.717) is 12.2 Å². The molecule has 2 rings (SSSR count). The molecule has 1 aromatic carbocycles. The summed E-state index contributed by atoms with van der Waals surface area (Å²) in [5, 5.41) is 9.97. The number of hydrogen-bond acceptors (Lipinski definition) is 5. The van der Waals surface area contributed by atoms with Gasteiger partial charge in [-0.2, -0.15) is 0 Å². The molecule has 0 saturated carbocycles. The lowest BCUT2D eigenvalue weighted by atomic mass is 10.1. The van der Waals surface area contributed by atoms with Gasteiger partial charge in [-0.1, -0.05) is 6.42 Å². The van der Waals surface area contributed by atoms with E-state index in [9.17, 15) is 13.5 Å². The van der Waals surface area contributed by atoms with Crippen LogP contribution in [0, 0.1) is 0 Å². The summed E-state index contributed by atoms with van der Waals surface area (Å²) in [7, 11) is -3.60. The lowest BCUT2D eigenvalue weighted by Gasteiger charge is -2.28. The van der Waals surface area contributed by atoms with Crippen molar-refractivity contribution in [2.24, 2.45) is 0 Å². The van der Waals surface area contributed by atoms with Crippen LogP contribution < -0.4 is 10.5 Å². The number of nitrogens with two attached hydrogens (primary N) is 1. The van der Waals surface area contributed by atoms with E-state index in [4.69, 9.17) is 5.73 Å². The lowest BCUT2D eigenvalue weighted by Crippen LogP contribution is -2.41. The van der Waals surface area contributed by atoms with Crippen LogP contribution in [-0.4, -0.2) is 50.7 Å². The van der Waals surface area contributed by atoms with Gasteiger partial charge < -0.3 is 15.7 Å². The molecule has 0 aliphatic carbocycles. The van der Waals surface area contributed by atoms with Crippen LogP contribution in [0.15, 0.2) is 29.2 Å². The summed E-state index contributed by atoms with van der Waals surface area (Å²) in [6.45, 7) is 2.47. The van der Waals surface area contributed by atoms with Gasteiger partial charge >= 0.3 is 0 Å². The molecule has 0 aromatic heterocycles. The zero-order chi connectivity index (χ0) is 15.3. The molecule has 0 bridgehead atoms. The summed E-state index contributed by atoms with van der Waals surface area (Å²) in [5.41, 5.74) is 6.05. The Labute approximate surface area is 126 Å². The molecule has 0 amide bonds. The third kappa shape index (κ3) is 4.96. The van der Waals surface area contributed by atoms with Crippen LogP contribution >= 0.6 is 0 Å². The Morgan fingerprint density at radius 3 is 2.43 bits per heavy atom. The van der Waals surface area contributed by atoms with Crippen molar-refractivity contribution in [3.63, 3.8) is 0 Å². The van der Waals surface area contributed by atoms with Gasteiger partial charge in [0.1, 0.15) is 0 Å². The van der Waals surface area contributed by atoms with Gasteiger partial charge in [0.15, 0.2) is 0 Å². The third-order valence-corrected chi connectivity index (χ3v) is 5.06. The maximum atomic E-state index is 12.1. The van der Waals surface area contributed by atoms with Gasteiger partial charge in [0.2, 0.25) is 10.0 Å². The van der Waals surface area contributed by atoms with Crippen molar-refractivity contribution in [3.8, 4) is 0 Å². The molecule has 21 heavy (non-hydrogen) atoms. The summed E-state index contributed by atoms with van der Waals surface area (Å²) in [4.78, 5) is 2.33. The Kier molecular flexibility index (Phi) is 5.58. The van der Waals surface area contributed by atoms with E-state index < -0.39 is 16.1 Å². The summed E-state index contributed by atoms with van der Waals surface area (Å²) >= 11 is 0. The fraction of sp³-hybridized carbons (Fsp3) is 0.571. The molecule has 1 saturated heterocycles. The first-order valence-electron chi connectivity index (χ1n) is 7.23. The minimum Gasteiger partial charge on any atom is -0.399 e. The van der Waals surface area contributed by atoms with E-state index in [1.807, 2.05) is 0 Å². The number of anilines is 1. The molecule has 1 unspecified atom stereocenters. The molecule has 1 aromatic rings.